The van der Waals surface area contributed by atoms with Crippen molar-refractivity contribution < 1.29 is 4.79 Å². The molecule has 28 heavy (non-hydrogen) atoms. The first-order valence-corrected chi connectivity index (χ1v) is 10.4. The Balaban J connectivity index is 1.51. The molecule has 150 valence electrons. The number of aromatic nitrogens is 2. The molecule has 2 fully saturated rings. The maximum Gasteiger partial charge on any atom is 0.228 e. The molecule has 7 heteroatoms. The van der Waals surface area contributed by atoms with Crippen LogP contribution in [0.3, 0.4) is 0 Å². The van der Waals surface area contributed by atoms with Gasteiger partial charge in [0, 0.05) is 42.6 Å². The summed E-state index contributed by atoms with van der Waals surface area (Å²) in [6.45, 7) is 4.25. The lowest BCUT2D eigenvalue weighted by molar-refractivity contribution is -0.145. The molecule has 1 aromatic heterocycles. The molecule has 0 spiro atoms. The van der Waals surface area contributed by atoms with Gasteiger partial charge in [0.15, 0.2) is 0 Å². The second-order valence-corrected chi connectivity index (χ2v) is 8.58. The van der Waals surface area contributed by atoms with Crippen LogP contribution < -0.4 is 5.32 Å². The molecule has 2 aliphatic rings. The van der Waals surface area contributed by atoms with Crippen molar-refractivity contribution in [3.8, 4) is 0 Å². The molecular formula is C21H28ClN5O. The lowest BCUT2D eigenvalue weighted by Crippen LogP contribution is -2.65. The van der Waals surface area contributed by atoms with E-state index < -0.39 is 0 Å². The Kier molecular flexibility index (Phi) is 5.71. The predicted molar refractivity (Wildman–Crippen MR) is 110 cm³/mol. The summed E-state index contributed by atoms with van der Waals surface area (Å²) in [5, 5.41) is 3.94. The lowest BCUT2D eigenvalue weighted by Gasteiger charge is -2.53. The van der Waals surface area contributed by atoms with Crippen LogP contribution in [0, 0.1) is 5.41 Å². The first kappa shape index (κ1) is 19.4. The number of imidazole rings is 1. The van der Waals surface area contributed by atoms with E-state index in [2.05, 4.69) is 32.1 Å². The number of nitrogens with one attached hydrogen (secondary N) is 2. The topological polar surface area (TPSA) is 64.3 Å². The molecule has 2 aromatic rings. The van der Waals surface area contributed by atoms with Crippen molar-refractivity contribution in [1.82, 2.24) is 25.1 Å². The fraction of sp³-hybridized carbons (Fsp3) is 0.524. The summed E-state index contributed by atoms with van der Waals surface area (Å²) in [7, 11) is 2.15. The third kappa shape index (κ3) is 3.95. The van der Waals surface area contributed by atoms with Crippen molar-refractivity contribution in [2.75, 3.05) is 26.7 Å². The Morgan fingerprint density at radius 3 is 2.89 bits per heavy atom. The minimum Gasteiger partial charge on any atom is -0.351 e. The number of halogens is 1. The van der Waals surface area contributed by atoms with E-state index in [4.69, 9.17) is 11.6 Å². The van der Waals surface area contributed by atoms with Gasteiger partial charge in [0.2, 0.25) is 5.91 Å². The number of carbonyl (C=O) groups excluding carboxylic acids is 1. The molecule has 2 N–H and O–H groups in total. The average molecular weight is 402 g/mol. The monoisotopic (exact) mass is 401 g/mol. The molecule has 0 saturated carbocycles. The number of H-pyrrole nitrogens is 1. The number of piperidine rings is 2. The van der Waals surface area contributed by atoms with Crippen LogP contribution in [0.5, 0.6) is 0 Å². The highest BCUT2D eigenvalue weighted by Gasteiger charge is 2.52. The van der Waals surface area contributed by atoms with Crippen molar-refractivity contribution in [2.45, 2.75) is 38.4 Å². The molecule has 2 aliphatic heterocycles. The number of likely N-dealkylation sites (N-methyl/N-ethyl adjacent to an activating group) is 1. The van der Waals surface area contributed by atoms with E-state index in [0.717, 1.165) is 56.7 Å². The number of fused-ring (bicyclic) bond motifs is 1. The molecule has 2 saturated heterocycles. The Labute approximate surface area is 171 Å². The minimum atomic E-state index is -0.322. The Morgan fingerprint density at radius 2 is 2.14 bits per heavy atom. The van der Waals surface area contributed by atoms with Gasteiger partial charge in [-0.3, -0.25) is 9.69 Å². The summed E-state index contributed by atoms with van der Waals surface area (Å²) in [4.78, 5) is 25.6. The number of hydrogen-bond acceptors (Lipinski definition) is 4. The van der Waals surface area contributed by atoms with E-state index in [0.29, 0.717) is 11.6 Å². The van der Waals surface area contributed by atoms with Crippen LogP contribution in [-0.2, 0) is 17.9 Å². The molecule has 0 unspecified atom stereocenters. The van der Waals surface area contributed by atoms with Crippen LogP contribution in [0.1, 0.15) is 30.5 Å². The second-order valence-electron chi connectivity index (χ2n) is 8.14. The number of benzene rings is 1. The lowest BCUT2D eigenvalue weighted by atomic mass is 9.67. The standard InChI is InChI=1S/C21H28ClN5O/c1-26-10-8-21(20(28)24-11-16-3-5-17(22)6-4-16)7-2-9-27(19(21)14-26)13-18-12-23-15-25-18/h3-6,12,15,19H,2,7-11,13-14H2,1H3,(H,23,25)(H,24,28)/t19-,21+/m0/s1. The smallest absolute Gasteiger partial charge is 0.228 e. The molecule has 0 bridgehead atoms. The highest BCUT2D eigenvalue weighted by atomic mass is 35.5. The highest BCUT2D eigenvalue weighted by Crippen LogP contribution is 2.43. The molecule has 4 rings (SSSR count). The van der Waals surface area contributed by atoms with E-state index in [1.165, 1.54) is 0 Å². The second kappa shape index (κ2) is 8.23. The number of amides is 1. The normalized spacial score (nSPS) is 26.0. The quantitative estimate of drug-likeness (QED) is 0.808. The Bertz CT molecular complexity index is 794. The van der Waals surface area contributed by atoms with E-state index in [1.807, 2.05) is 30.5 Å². The maximum atomic E-state index is 13.4. The van der Waals surface area contributed by atoms with Crippen LogP contribution in [0.2, 0.25) is 5.02 Å². The van der Waals surface area contributed by atoms with Crippen LogP contribution in [-0.4, -0.2) is 58.4 Å². The van der Waals surface area contributed by atoms with Gasteiger partial charge in [0.1, 0.15) is 0 Å². The predicted octanol–water partition coefficient (Wildman–Crippen LogP) is 2.67. The van der Waals surface area contributed by atoms with Gasteiger partial charge in [0.05, 0.1) is 11.7 Å². The number of hydrogen-bond donors (Lipinski definition) is 2. The van der Waals surface area contributed by atoms with Gasteiger partial charge in [-0.25, -0.2) is 4.98 Å². The highest BCUT2D eigenvalue weighted by molar-refractivity contribution is 6.30. The first-order valence-electron chi connectivity index (χ1n) is 9.99. The van der Waals surface area contributed by atoms with E-state index in [1.54, 1.807) is 6.33 Å². The molecule has 6 nitrogen and oxygen atoms in total. The number of carbonyl (C=O) groups is 1. The third-order valence-corrected chi connectivity index (χ3v) is 6.57. The summed E-state index contributed by atoms with van der Waals surface area (Å²) in [6, 6.07) is 7.89. The number of likely N-dealkylation sites (tertiary alicyclic amines) is 2. The maximum absolute atomic E-state index is 13.4. The number of rotatable bonds is 5. The third-order valence-electron chi connectivity index (χ3n) is 6.32. The van der Waals surface area contributed by atoms with Gasteiger partial charge in [-0.05, 0) is 57.1 Å². The zero-order valence-corrected chi connectivity index (χ0v) is 17.1. The SMILES string of the molecule is CN1CC[C@]2(C(=O)NCc3ccc(Cl)cc3)CCCN(Cc3cnc[nH]3)[C@H]2C1. The van der Waals surface area contributed by atoms with Crippen molar-refractivity contribution in [3.05, 3.63) is 53.1 Å². The largest absolute Gasteiger partial charge is 0.351 e. The van der Waals surface area contributed by atoms with Crippen LogP contribution in [0.25, 0.3) is 0 Å². The van der Waals surface area contributed by atoms with Gasteiger partial charge < -0.3 is 15.2 Å². The van der Waals surface area contributed by atoms with E-state index in [-0.39, 0.29) is 17.4 Å². The van der Waals surface area contributed by atoms with E-state index >= 15 is 0 Å². The molecule has 2 atom stereocenters. The van der Waals surface area contributed by atoms with Gasteiger partial charge in [-0.15, -0.1) is 0 Å². The van der Waals surface area contributed by atoms with Gasteiger partial charge >= 0.3 is 0 Å². The van der Waals surface area contributed by atoms with Crippen LogP contribution in [0.4, 0.5) is 0 Å². The van der Waals surface area contributed by atoms with Crippen LogP contribution in [0.15, 0.2) is 36.8 Å². The molecule has 1 aromatic carbocycles. The van der Waals surface area contributed by atoms with E-state index in [9.17, 15) is 4.79 Å². The zero-order chi connectivity index (χ0) is 19.6. The van der Waals surface area contributed by atoms with Crippen molar-refractivity contribution in [1.29, 1.82) is 0 Å². The summed E-state index contributed by atoms with van der Waals surface area (Å²) in [5.41, 5.74) is 1.85. The Morgan fingerprint density at radius 1 is 1.32 bits per heavy atom. The molecule has 3 heterocycles. The first-order chi connectivity index (χ1) is 13.6. The molecule has 0 radical (unpaired) electrons. The summed E-state index contributed by atoms with van der Waals surface area (Å²) < 4.78 is 0. The van der Waals surface area contributed by atoms with Crippen molar-refractivity contribution in [3.63, 3.8) is 0 Å². The van der Waals surface area contributed by atoms with Crippen molar-refractivity contribution >= 4 is 17.5 Å². The fourth-order valence-electron chi connectivity index (χ4n) is 4.75. The van der Waals surface area contributed by atoms with Gasteiger partial charge in [-0.1, -0.05) is 23.7 Å². The molecule has 1 amide bonds. The summed E-state index contributed by atoms with van der Waals surface area (Å²) >= 11 is 5.97. The summed E-state index contributed by atoms with van der Waals surface area (Å²) in [5.74, 6) is 0.190. The number of nitrogens with zero attached hydrogens (tertiary/aromatic N) is 3. The minimum absolute atomic E-state index is 0.190. The van der Waals surface area contributed by atoms with Gasteiger partial charge in [0.25, 0.3) is 0 Å². The average Bonchev–Trinajstić information content (AvgIpc) is 3.21. The molecule has 0 aliphatic carbocycles. The van der Waals surface area contributed by atoms with Crippen LogP contribution >= 0.6 is 11.6 Å². The number of aromatic amines is 1. The van der Waals surface area contributed by atoms with Crippen molar-refractivity contribution in [2.24, 2.45) is 5.41 Å². The summed E-state index contributed by atoms with van der Waals surface area (Å²) in [6.07, 6.45) is 6.50. The zero-order valence-electron chi connectivity index (χ0n) is 16.3. The Hall–Kier alpha value is -1.89. The van der Waals surface area contributed by atoms with Gasteiger partial charge in [-0.2, -0.15) is 0 Å². The fourth-order valence-corrected chi connectivity index (χ4v) is 4.87. The molecular weight excluding hydrogens is 374 g/mol.